The Labute approximate surface area is 163 Å². The third-order valence-corrected chi connectivity index (χ3v) is 4.60. The summed E-state index contributed by atoms with van der Waals surface area (Å²) in [6, 6.07) is 11.3. The van der Waals surface area contributed by atoms with Crippen LogP contribution in [0.2, 0.25) is 0 Å². The predicted molar refractivity (Wildman–Crippen MR) is 111 cm³/mol. The third-order valence-electron chi connectivity index (χ3n) is 4.20. The van der Waals surface area contributed by atoms with Gasteiger partial charge >= 0.3 is 0 Å². The summed E-state index contributed by atoms with van der Waals surface area (Å²) in [5.74, 6) is 0.746. The van der Waals surface area contributed by atoms with Crippen molar-refractivity contribution in [2.75, 3.05) is 13.7 Å². The van der Waals surface area contributed by atoms with E-state index in [2.05, 4.69) is 15.3 Å². The van der Waals surface area contributed by atoms with E-state index in [0.29, 0.717) is 30.3 Å². The van der Waals surface area contributed by atoms with Crippen LogP contribution in [-0.2, 0) is 13.1 Å². The molecule has 3 aromatic rings. The number of hydrogen-bond acceptors (Lipinski definition) is 4. The predicted octanol–water partition coefficient (Wildman–Crippen LogP) is 2.83. The van der Waals surface area contributed by atoms with Crippen LogP contribution in [0.4, 0.5) is 0 Å². The van der Waals surface area contributed by atoms with Gasteiger partial charge in [0.1, 0.15) is 5.75 Å². The van der Waals surface area contributed by atoms with Gasteiger partial charge in [-0.05, 0) is 55.0 Å². The highest BCUT2D eigenvalue weighted by Crippen LogP contribution is 2.19. The fourth-order valence-electron chi connectivity index (χ4n) is 2.85. The number of benzene rings is 1. The van der Waals surface area contributed by atoms with Crippen LogP contribution in [0.5, 0.6) is 5.75 Å². The maximum atomic E-state index is 12.6. The lowest BCUT2D eigenvalue weighted by atomic mass is 10.1. The molecule has 0 fully saturated rings. The molecule has 0 spiro atoms. The third kappa shape index (κ3) is 4.62. The number of H-pyrrole nitrogens is 1. The quantitative estimate of drug-likeness (QED) is 0.639. The van der Waals surface area contributed by atoms with Gasteiger partial charge in [0.15, 0.2) is 5.11 Å². The fraction of sp³-hybridized carbons (Fsp3) is 0.250. The molecule has 0 radical (unpaired) electrons. The molecular formula is C20H22N4O2S. The number of aromatic amines is 1. The zero-order chi connectivity index (χ0) is 19.2. The Morgan fingerprint density at radius 1 is 1.30 bits per heavy atom. The second-order valence-corrected chi connectivity index (χ2v) is 6.52. The van der Waals surface area contributed by atoms with Crippen molar-refractivity contribution in [3.63, 3.8) is 0 Å². The van der Waals surface area contributed by atoms with Crippen molar-refractivity contribution in [3.05, 3.63) is 70.3 Å². The van der Waals surface area contributed by atoms with Gasteiger partial charge in [-0.15, -0.1) is 0 Å². The van der Waals surface area contributed by atoms with Crippen molar-refractivity contribution in [2.45, 2.75) is 20.0 Å². The van der Waals surface area contributed by atoms with E-state index in [0.717, 1.165) is 22.2 Å². The van der Waals surface area contributed by atoms with Gasteiger partial charge in [0.05, 0.1) is 13.7 Å². The monoisotopic (exact) mass is 382 g/mol. The number of thiocarbonyl (C=S) groups is 1. The van der Waals surface area contributed by atoms with E-state index in [9.17, 15) is 4.79 Å². The molecule has 0 saturated heterocycles. The number of rotatable bonds is 6. The number of hydrogen-bond donors (Lipinski definition) is 2. The molecular weight excluding hydrogens is 360 g/mol. The summed E-state index contributed by atoms with van der Waals surface area (Å²) >= 11 is 5.51. The molecule has 0 aliphatic rings. The van der Waals surface area contributed by atoms with E-state index in [1.165, 1.54) is 0 Å². The van der Waals surface area contributed by atoms with Crippen LogP contribution in [0.3, 0.4) is 0 Å². The Kier molecular flexibility index (Phi) is 6.03. The summed E-state index contributed by atoms with van der Waals surface area (Å²) in [7, 11) is 1.62. The Bertz CT molecular complexity index is 988. The van der Waals surface area contributed by atoms with Crippen molar-refractivity contribution in [2.24, 2.45) is 0 Å². The summed E-state index contributed by atoms with van der Waals surface area (Å²) in [4.78, 5) is 21.6. The molecule has 0 bridgehead atoms. The second kappa shape index (κ2) is 8.64. The molecule has 0 unspecified atom stereocenters. The van der Waals surface area contributed by atoms with Crippen molar-refractivity contribution in [1.29, 1.82) is 0 Å². The molecule has 27 heavy (non-hydrogen) atoms. The van der Waals surface area contributed by atoms with Crippen LogP contribution in [0.25, 0.3) is 10.9 Å². The van der Waals surface area contributed by atoms with Crippen molar-refractivity contribution in [1.82, 2.24) is 20.2 Å². The summed E-state index contributed by atoms with van der Waals surface area (Å²) in [5, 5.41) is 4.69. The van der Waals surface area contributed by atoms with Crippen LogP contribution < -0.4 is 15.6 Å². The SMILES string of the molecule is CCNC(=S)N(Cc1cccnc1)Cc1cc2cc(OC)ccc2[nH]c1=O. The highest BCUT2D eigenvalue weighted by atomic mass is 32.1. The lowest BCUT2D eigenvalue weighted by molar-refractivity contribution is 0.398. The topological polar surface area (TPSA) is 70.2 Å². The van der Waals surface area contributed by atoms with E-state index < -0.39 is 0 Å². The minimum atomic E-state index is -0.122. The molecule has 2 N–H and O–H groups in total. The zero-order valence-electron chi connectivity index (χ0n) is 15.4. The molecule has 7 heteroatoms. The molecule has 0 saturated carbocycles. The number of aromatic nitrogens is 2. The first-order valence-corrected chi connectivity index (χ1v) is 9.13. The first-order chi connectivity index (χ1) is 13.1. The van der Waals surface area contributed by atoms with E-state index in [1.807, 2.05) is 48.2 Å². The van der Waals surface area contributed by atoms with Crippen LogP contribution in [0, 0.1) is 0 Å². The number of nitrogens with zero attached hydrogens (tertiary/aromatic N) is 2. The Morgan fingerprint density at radius 3 is 2.85 bits per heavy atom. The average molecular weight is 382 g/mol. The molecule has 0 aliphatic heterocycles. The lowest BCUT2D eigenvalue weighted by Gasteiger charge is -2.25. The Hall–Kier alpha value is -2.93. The highest BCUT2D eigenvalue weighted by Gasteiger charge is 2.14. The van der Waals surface area contributed by atoms with Gasteiger partial charge in [-0.3, -0.25) is 9.78 Å². The van der Waals surface area contributed by atoms with E-state index >= 15 is 0 Å². The second-order valence-electron chi connectivity index (χ2n) is 6.13. The van der Waals surface area contributed by atoms with Gasteiger partial charge in [-0.25, -0.2) is 0 Å². The van der Waals surface area contributed by atoms with Gasteiger partial charge in [-0.2, -0.15) is 0 Å². The van der Waals surface area contributed by atoms with Gasteiger partial charge < -0.3 is 19.9 Å². The summed E-state index contributed by atoms with van der Waals surface area (Å²) in [6.07, 6.45) is 3.54. The number of fused-ring (bicyclic) bond motifs is 1. The number of pyridine rings is 2. The van der Waals surface area contributed by atoms with E-state index in [1.54, 1.807) is 19.5 Å². The van der Waals surface area contributed by atoms with Crippen molar-refractivity contribution < 1.29 is 4.74 Å². The smallest absolute Gasteiger partial charge is 0.253 e. The number of methoxy groups -OCH3 is 1. The van der Waals surface area contributed by atoms with Crippen LogP contribution in [0.15, 0.2) is 53.6 Å². The largest absolute Gasteiger partial charge is 0.497 e. The Morgan fingerprint density at radius 2 is 2.15 bits per heavy atom. The molecule has 1 aromatic carbocycles. The molecule has 0 atom stereocenters. The fourth-order valence-corrected chi connectivity index (χ4v) is 3.13. The molecule has 140 valence electrons. The normalized spacial score (nSPS) is 10.6. The summed E-state index contributed by atoms with van der Waals surface area (Å²) < 4.78 is 5.28. The maximum Gasteiger partial charge on any atom is 0.253 e. The molecule has 3 rings (SSSR count). The van der Waals surface area contributed by atoms with Gasteiger partial charge in [-0.1, -0.05) is 6.07 Å². The van der Waals surface area contributed by atoms with Crippen LogP contribution >= 0.6 is 12.2 Å². The maximum absolute atomic E-state index is 12.6. The van der Waals surface area contributed by atoms with Gasteiger partial charge in [0.2, 0.25) is 0 Å². The van der Waals surface area contributed by atoms with Crippen molar-refractivity contribution >= 4 is 28.2 Å². The summed E-state index contributed by atoms with van der Waals surface area (Å²) in [6.45, 7) is 3.66. The standard InChI is InChI=1S/C20H22N4O2S/c1-3-22-20(27)24(12-14-5-4-8-21-11-14)13-16-9-15-10-17(26-2)6-7-18(15)23-19(16)25/h4-11H,3,12-13H2,1-2H3,(H,22,27)(H,23,25). The van der Waals surface area contributed by atoms with E-state index in [4.69, 9.17) is 17.0 Å². The molecule has 2 heterocycles. The molecule has 6 nitrogen and oxygen atoms in total. The first kappa shape index (κ1) is 18.8. The minimum Gasteiger partial charge on any atom is -0.497 e. The highest BCUT2D eigenvalue weighted by molar-refractivity contribution is 7.80. The molecule has 0 aliphatic carbocycles. The van der Waals surface area contributed by atoms with Crippen LogP contribution in [-0.4, -0.2) is 33.6 Å². The lowest BCUT2D eigenvalue weighted by Crippen LogP contribution is -2.39. The van der Waals surface area contributed by atoms with Gasteiger partial charge in [0.25, 0.3) is 5.56 Å². The molecule has 0 amide bonds. The minimum absolute atomic E-state index is 0.122. The number of nitrogens with one attached hydrogen (secondary N) is 2. The first-order valence-electron chi connectivity index (χ1n) is 8.72. The van der Waals surface area contributed by atoms with E-state index in [-0.39, 0.29) is 5.56 Å². The van der Waals surface area contributed by atoms with Crippen molar-refractivity contribution in [3.8, 4) is 5.75 Å². The summed E-state index contributed by atoms with van der Waals surface area (Å²) in [5.41, 5.74) is 2.32. The molecule has 2 aromatic heterocycles. The van der Waals surface area contributed by atoms with Gasteiger partial charge in [0, 0.05) is 41.9 Å². The number of ether oxygens (including phenoxy) is 1. The average Bonchev–Trinajstić information content (AvgIpc) is 2.68. The zero-order valence-corrected chi connectivity index (χ0v) is 16.2. The van der Waals surface area contributed by atoms with Crippen LogP contribution in [0.1, 0.15) is 18.1 Å². The Balaban J connectivity index is 1.93.